The second-order valence-corrected chi connectivity index (χ2v) is 1.93. The molecule has 1 aliphatic heterocycles. The molecule has 0 aromatic carbocycles. The lowest BCUT2D eigenvalue weighted by atomic mass is 10.0. The largest absolute Gasteiger partial charge is 0.322 e. The predicted octanol–water partition coefficient (Wildman–Crippen LogP) is -0.273. The summed E-state index contributed by atoms with van der Waals surface area (Å²) in [5.41, 5.74) is 5.46. The van der Waals surface area contributed by atoms with Crippen molar-refractivity contribution in [1.82, 2.24) is 0 Å². The van der Waals surface area contributed by atoms with Gasteiger partial charge >= 0.3 is 0 Å². The van der Waals surface area contributed by atoms with E-state index in [0.717, 1.165) is 6.29 Å². The van der Waals surface area contributed by atoms with Crippen molar-refractivity contribution in [3.05, 3.63) is 12.3 Å². The molecule has 2 unspecified atom stereocenters. The first kappa shape index (κ1) is 6.16. The molecule has 0 aliphatic carbocycles. The van der Waals surface area contributed by atoms with Gasteiger partial charge in [-0.1, -0.05) is 6.08 Å². The van der Waals surface area contributed by atoms with Crippen molar-refractivity contribution >= 4 is 12.5 Å². The summed E-state index contributed by atoms with van der Waals surface area (Å²) in [5, 5.41) is 0. The molecule has 0 saturated carbocycles. The minimum atomic E-state index is -0.229. The van der Waals surface area contributed by atoms with E-state index >= 15 is 0 Å². The van der Waals surface area contributed by atoms with Crippen LogP contribution in [0.5, 0.6) is 0 Å². The third kappa shape index (κ3) is 1.23. The molecule has 0 bridgehead atoms. The van der Waals surface area contributed by atoms with Gasteiger partial charge in [0, 0.05) is 12.4 Å². The molecule has 0 amide bonds. The van der Waals surface area contributed by atoms with E-state index in [2.05, 4.69) is 4.99 Å². The molecule has 0 aromatic rings. The molecule has 1 aliphatic rings. The van der Waals surface area contributed by atoms with E-state index in [9.17, 15) is 4.79 Å². The van der Waals surface area contributed by atoms with Crippen LogP contribution in [0.2, 0.25) is 0 Å². The Kier molecular flexibility index (Phi) is 1.75. The summed E-state index contributed by atoms with van der Waals surface area (Å²) in [7, 11) is 0. The van der Waals surface area contributed by atoms with Gasteiger partial charge < -0.3 is 10.5 Å². The van der Waals surface area contributed by atoms with E-state index in [4.69, 9.17) is 5.73 Å². The highest BCUT2D eigenvalue weighted by Crippen LogP contribution is 2.02. The maximum absolute atomic E-state index is 10.2. The fourth-order valence-electron chi connectivity index (χ4n) is 0.662. The second-order valence-electron chi connectivity index (χ2n) is 1.93. The van der Waals surface area contributed by atoms with Gasteiger partial charge in [0.15, 0.2) is 0 Å². The maximum atomic E-state index is 10.2. The van der Waals surface area contributed by atoms with Crippen LogP contribution in [0.25, 0.3) is 0 Å². The third-order valence-electron chi connectivity index (χ3n) is 1.25. The first-order valence-corrected chi connectivity index (χ1v) is 2.75. The molecule has 9 heavy (non-hydrogen) atoms. The van der Waals surface area contributed by atoms with Gasteiger partial charge in [-0.05, 0) is 0 Å². The van der Waals surface area contributed by atoms with Crippen LogP contribution in [-0.2, 0) is 4.79 Å². The summed E-state index contributed by atoms with van der Waals surface area (Å²) in [6, 6.07) is -0.229. The van der Waals surface area contributed by atoms with Crippen LogP contribution in [-0.4, -0.2) is 18.5 Å². The van der Waals surface area contributed by atoms with Gasteiger partial charge in [0.25, 0.3) is 0 Å². The number of carbonyl (C=O) groups excluding carboxylic acids is 1. The third-order valence-corrected chi connectivity index (χ3v) is 1.25. The number of aldehydes is 1. The van der Waals surface area contributed by atoms with Crippen molar-refractivity contribution in [2.24, 2.45) is 16.6 Å². The average molecular weight is 124 g/mol. The van der Waals surface area contributed by atoms with Crippen molar-refractivity contribution in [2.75, 3.05) is 0 Å². The maximum Gasteiger partial charge on any atom is 0.128 e. The smallest absolute Gasteiger partial charge is 0.128 e. The lowest BCUT2D eigenvalue weighted by molar-refractivity contribution is -0.110. The van der Waals surface area contributed by atoms with Crippen LogP contribution in [0.15, 0.2) is 17.3 Å². The van der Waals surface area contributed by atoms with E-state index in [-0.39, 0.29) is 12.0 Å². The van der Waals surface area contributed by atoms with Gasteiger partial charge in [-0.15, -0.1) is 0 Å². The summed E-state index contributed by atoms with van der Waals surface area (Å²) in [6.45, 7) is 0. The van der Waals surface area contributed by atoms with Crippen molar-refractivity contribution in [1.29, 1.82) is 0 Å². The Morgan fingerprint density at radius 1 is 1.67 bits per heavy atom. The summed E-state index contributed by atoms with van der Waals surface area (Å²) in [6.07, 6.45) is 5.67. The fourth-order valence-corrected chi connectivity index (χ4v) is 0.662. The first-order valence-electron chi connectivity index (χ1n) is 2.75. The minimum absolute atomic E-state index is 0.178. The van der Waals surface area contributed by atoms with Crippen LogP contribution in [0.4, 0.5) is 0 Å². The highest BCUT2D eigenvalue weighted by Gasteiger charge is 2.12. The van der Waals surface area contributed by atoms with Crippen LogP contribution < -0.4 is 5.73 Å². The van der Waals surface area contributed by atoms with Gasteiger partial charge in [0.05, 0.1) is 12.0 Å². The molecule has 2 atom stereocenters. The number of hydrogen-bond acceptors (Lipinski definition) is 3. The SMILES string of the molecule is NC1C=NC=CC1C=O. The minimum Gasteiger partial charge on any atom is -0.322 e. The fraction of sp³-hybridized carbons (Fsp3) is 0.333. The van der Waals surface area contributed by atoms with Crippen molar-refractivity contribution < 1.29 is 4.79 Å². The monoisotopic (exact) mass is 124 g/mol. The summed E-state index contributed by atoms with van der Waals surface area (Å²) in [5.74, 6) is -0.178. The highest BCUT2D eigenvalue weighted by atomic mass is 16.1. The van der Waals surface area contributed by atoms with Crippen LogP contribution in [0.3, 0.4) is 0 Å². The summed E-state index contributed by atoms with van der Waals surface area (Å²) < 4.78 is 0. The normalized spacial score (nSPS) is 32.6. The number of rotatable bonds is 1. The summed E-state index contributed by atoms with van der Waals surface area (Å²) in [4.78, 5) is 13.9. The van der Waals surface area contributed by atoms with Gasteiger partial charge in [-0.2, -0.15) is 0 Å². The zero-order valence-corrected chi connectivity index (χ0v) is 4.90. The van der Waals surface area contributed by atoms with Crippen molar-refractivity contribution in [3.8, 4) is 0 Å². The zero-order valence-electron chi connectivity index (χ0n) is 4.90. The molecule has 2 N–H and O–H groups in total. The number of carbonyl (C=O) groups is 1. The Hall–Kier alpha value is -0.960. The van der Waals surface area contributed by atoms with Gasteiger partial charge in [-0.3, -0.25) is 4.99 Å². The number of aliphatic imine (C=N–C) groups is 1. The molecular formula is C6H8N2O. The Balaban J connectivity index is 2.65. The average Bonchev–Trinajstić information content (AvgIpc) is 1.89. The Morgan fingerprint density at radius 2 is 2.44 bits per heavy atom. The molecule has 3 nitrogen and oxygen atoms in total. The van der Waals surface area contributed by atoms with E-state index in [0.29, 0.717) is 0 Å². The second kappa shape index (κ2) is 2.55. The molecular weight excluding hydrogens is 116 g/mol. The van der Waals surface area contributed by atoms with Crippen LogP contribution in [0, 0.1) is 5.92 Å². The zero-order chi connectivity index (χ0) is 6.69. The van der Waals surface area contributed by atoms with Crippen LogP contribution >= 0.6 is 0 Å². The van der Waals surface area contributed by atoms with Crippen molar-refractivity contribution in [3.63, 3.8) is 0 Å². The van der Waals surface area contributed by atoms with Gasteiger partial charge in [-0.25, -0.2) is 0 Å². The van der Waals surface area contributed by atoms with Gasteiger partial charge in [0.2, 0.25) is 0 Å². The molecule has 1 rings (SSSR count). The lowest BCUT2D eigenvalue weighted by Crippen LogP contribution is -2.32. The molecule has 0 fully saturated rings. The Morgan fingerprint density at radius 3 is 2.89 bits per heavy atom. The van der Waals surface area contributed by atoms with Crippen LogP contribution in [0.1, 0.15) is 0 Å². The molecule has 3 heteroatoms. The van der Waals surface area contributed by atoms with Crippen molar-refractivity contribution in [2.45, 2.75) is 6.04 Å². The number of nitrogens with zero attached hydrogens (tertiary/aromatic N) is 1. The quantitative estimate of drug-likeness (QED) is 0.489. The van der Waals surface area contributed by atoms with E-state index in [1.807, 2.05) is 0 Å². The Bertz CT molecular complexity index is 162. The Labute approximate surface area is 53.3 Å². The first-order chi connectivity index (χ1) is 4.34. The number of nitrogens with two attached hydrogens (primary N) is 1. The molecule has 0 saturated heterocycles. The molecule has 0 spiro atoms. The molecule has 48 valence electrons. The van der Waals surface area contributed by atoms with E-state index in [1.165, 1.54) is 0 Å². The van der Waals surface area contributed by atoms with E-state index < -0.39 is 0 Å². The number of hydrogen-bond donors (Lipinski definition) is 1. The van der Waals surface area contributed by atoms with E-state index in [1.54, 1.807) is 18.5 Å². The molecule has 1 heterocycles. The lowest BCUT2D eigenvalue weighted by Gasteiger charge is -2.11. The van der Waals surface area contributed by atoms with Gasteiger partial charge in [0.1, 0.15) is 6.29 Å². The molecule has 0 aromatic heterocycles. The topological polar surface area (TPSA) is 55.4 Å². The summed E-state index contributed by atoms with van der Waals surface area (Å²) >= 11 is 0. The predicted molar refractivity (Wildman–Crippen MR) is 35.2 cm³/mol. The highest BCUT2D eigenvalue weighted by molar-refractivity contribution is 5.74. The standard InChI is InChI=1S/C6H8N2O/c7-6-3-8-2-1-5(6)4-9/h1-6H,7H2. The molecule has 0 radical (unpaired) electrons.